The van der Waals surface area contributed by atoms with Gasteiger partial charge < -0.3 is 10.3 Å². The Bertz CT molecular complexity index is 695. The summed E-state index contributed by atoms with van der Waals surface area (Å²) < 4.78 is 26.9. The number of H-pyrrole nitrogens is 1. The van der Waals surface area contributed by atoms with Crippen molar-refractivity contribution in [1.29, 1.82) is 0 Å². The van der Waals surface area contributed by atoms with E-state index in [9.17, 15) is 8.42 Å². The number of aryl methyl sites for hydroxylation is 1. The number of rotatable bonds is 7. The van der Waals surface area contributed by atoms with Crippen molar-refractivity contribution in [3.05, 3.63) is 41.9 Å². The van der Waals surface area contributed by atoms with Gasteiger partial charge in [0.1, 0.15) is 5.82 Å². The van der Waals surface area contributed by atoms with Crippen molar-refractivity contribution >= 4 is 15.7 Å². The molecule has 1 heterocycles. The molecule has 1 aromatic carbocycles. The van der Waals surface area contributed by atoms with Crippen LogP contribution in [0.5, 0.6) is 0 Å². The molecule has 0 aliphatic rings. The van der Waals surface area contributed by atoms with Crippen LogP contribution < -0.4 is 10.0 Å². The summed E-state index contributed by atoms with van der Waals surface area (Å²) in [5, 5.41) is 3.35. The lowest BCUT2D eigenvalue weighted by Gasteiger charge is -2.09. The predicted octanol–water partition coefficient (Wildman–Crippen LogP) is 2.02. The summed E-state index contributed by atoms with van der Waals surface area (Å²) in [6.07, 6.45) is 2.37. The molecule has 0 unspecified atom stereocenters. The molecule has 2 aromatic rings. The lowest BCUT2D eigenvalue weighted by Crippen LogP contribution is -2.15. The van der Waals surface area contributed by atoms with Crippen LogP contribution in [-0.4, -0.2) is 24.9 Å². The summed E-state index contributed by atoms with van der Waals surface area (Å²) in [5.41, 5.74) is 1.57. The third kappa shape index (κ3) is 4.30. The third-order valence-electron chi connectivity index (χ3n) is 2.90. The Balaban J connectivity index is 2.10. The molecule has 114 valence electrons. The van der Waals surface area contributed by atoms with E-state index in [1.807, 2.05) is 18.2 Å². The number of sulfonamides is 1. The summed E-state index contributed by atoms with van der Waals surface area (Å²) in [4.78, 5) is 6.63. The smallest absolute Gasteiger partial charge is 0.278 e. The van der Waals surface area contributed by atoms with Gasteiger partial charge in [-0.25, -0.2) is 4.98 Å². The van der Waals surface area contributed by atoms with E-state index in [-0.39, 0.29) is 5.03 Å². The maximum Gasteiger partial charge on any atom is 0.278 e. The largest absolute Gasteiger partial charge is 0.332 e. The first kappa shape index (κ1) is 15.5. The lowest BCUT2D eigenvalue weighted by molar-refractivity contribution is 0.598. The van der Waals surface area contributed by atoms with E-state index in [1.54, 1.807) is 13.0 Å². The van der Waals surface area contributed by atoms with Gasteiger partial charge in [-0.2, -0.15) is 8.42 Å². The van der Waals surface area contributed by atoms with Crippen molar-refractivity contribution in [2.45, 2.75) is 31.8 Å². The fourth-order valence-corrected chi connectivity index (χ4v) is 2.92. The zero-order valence-electron chi connectivity index (χ0n) is 12.2. The quantitative estimate of drug-likeness (QED) is 0.683. The van der Waals surface area contributed by atoms with Crippen LogP contribution in [0.25, 0.3) is 0 Å². The molecule has 0 saturated heterocycles. The van der Waals surface area contributed by atoms with Crippen LogP contribution in [0.2, 0.25) is 0 Å². The second-order valence-electron chi connectivity index (χ2n) is 4.82. The van der Waals surface area contributed by atoms with Gasteiger partial charge in [0.2, 0.25) is 0 Å². The number of hydrogen-bond donors (Lipinski definition) is 3. The first-order chi connectivity index (χ1) is 10.0. The lowest BCUT2D eigenvalue weighted by atomic mass is 10.2. The number of nitrogens with zero attached hydrogens (tertiary/aromatic N) is 1. The molecule has 7 heteroatoms. The molecule has 6 nitrogen and oxygen atoms in total. The summed E-state index contributed by atoms with van der Waals surface area (Å²) in [7, 11) is -3.62. The molecule has 0 amide bonds. The zero-order valence-corrected chi connectivity index (χ0v) is 13.0. The fourth-order valence-electron chi connectivity index (χ4n) is 1.90. The highest BCUT2D eigenvalue weighted by atomic mass is 32.2. The molecule has 0 aliphatic carbocycles. The Morgan fingerprint density at radius 3 is 2.81 bits per heavy atom. The molecule has 2 rings (SSSR count). The standard InChI is InChI=1S/C14H20N4O2S/c1-3-7-15-9-12-5-4-6-13(8-12)18-21(19,20)14-10-16-11(2)17-14/h4-6,8,10,15,18H,3,7,9H2,1-2H3,(H,16,17). The second-order valence-corrected chi connectivity index (χ2v) is 6.47. The first-order valence-electron chi connectivity index (χ1n) is 6.85. The molecule has 1 aromatic heterocycles. The highest BCUT2D eigenvalue weighted by Crippen LogP contribution is 2.16. The summed E-state index contributed by atoms with van der Waals surface area (Å²) in [6, 6.07) is 7.34. The maximum absolute atomic E-state index is 12.2. The number of anilines is 1. The van der Waals surface area contributed by atoms with Crippen molar-refractivity contribution in [2.24, 2.45) is 0 Å². The minimum atomic E-state index is -3.62. The monoisotopic (exact) mass is 308 g/mol. The van der Waals surface area contributed by atoms with E-state index in [0.717, 1.165) is 18.5 Å². The third-order valence-corrected chi connectivity index (χ3v) is 4.20. The van der Waals surface area contributed by atoms with Gasteiger partial charge in [0, 0.05) is 12.2 Å². The van der Waals surface area contributed by atoms with Gasteiger partial charge in [0.25, 0.3) is 10.0 Å². The zero-order chi connectivity index (χ0) is 15.3. The highest BCUT2D eigenvalue weighted by molar-refractivity contribution is 7.92. The van der Waals surface area contributed by atoms with Crippen molar-refractivity contribution in [3.63, 3.8) is 0 Å². The van der Waals surface area contributed by atoms with Crippen LogP contribution in [-0.2, 0) is 16.6 Å². The van der Waals surface area contributed by atoms with E-state index in [0.29, 0.717) is 18.1 Å². The molecule has 3 N–H and O–H groups in total. The number of aromatic nitrogens is 2. The second kappa shape index (κ2) is 6.73. The van der Waals surface area contributed by atoms with Crippen LogP contribution in [0.3, 0.4) is 0 Å². The summed E-state index contributed by atoms with van der Waals surface area (Å²) in [6.45, 7) is 5.46. The molecule has 0 fully saturated rings. The van der Waals surface area contributed by atoms with Crippen LogP contribution >= 0.6 is 0 Å². The molecule has 0 atom stereocenters. The van der Waals surface area contributed by atoms with Gasteiger partial charge in [-0.15, -0.1) is 0 Å². The Kier molecular flexibility index (Phi) is 4.98. The van der Waals surface area contributed by atoms with E-state index >= 15 is 0 Å². The molecule has 0 saturated carbocycles. The van der Waals surface area contributed by atoms with E-state index in [2.05, 4.69) is 26.9 Å². The van der Waals surface area contributed by atoms with Gasteiger partial charge in [-0.1, -0.05) is 19.1 Å². The minimum Gasteiger partial charge on any atom is -0.332 e. The van der Waals surface area contributed by atoms with Crippen LogP contribution in [0.15, 0.2) is 35.5 Å². The number of benzene rings is 1. The summed E-state index contributed by atoms with van der Waals surface area (Å²) in [5.74, 6) is 0.563. The van der Waals surface area contributed by atoms with Gasteiger partial charge in [0.05, 0.1) is 6.20 Å². The molecular weight excluding hydrogens is 288 g/mol. The van der Waals surface area contributed by atoms with Crippen LogP contribution in [0.4, 0.5) is 5.69 Å². The molecule has 0 aliphatic heterocycles. The Morgan fingerprint density at radius 2 is 2.14 bits per heavy atom. The van der Waals surface area contributed by atoms with Gasteiger partial charge in [-0.3, -0.25) is 4.72 Å². The van der Waals surface area contributed by atoms with Crippen LogP contribution in [0, 0.1) is 6.92 Å². The Morgan fingerprint density at radius 1 is 1.33 bits per heavy atom. The maximum atomic E-state index is 12.2. The van der Waals surface area contributed by atoms with Crippen molar-refractivity contribution in [2.75, 3.05) is 11.3 Å². The van der Waals surface area contributed by atoms with Gasteiger partial charge >= 0.3 is 0 Å². The number of aromatic amines is 1. The Labute approximate surface area is 125 Å². The van der Waals surface area contributed by atoms with Gasteiger partial charge in [-0.05, 0) is 37.6 Å². The predicted molar refractivity (Wildman–Crippen MR) is 82.6 cm³/mol. The van der Waals surface area contributed by atoms with Gasteiger partial charge in [0.15, 0.2) is 5.03 Å². The molecule has 0 radical (unpaired) electrons. The van der Waals surface area contributed by atoms with Crippen LogP contribution in [0.1, 0.15) is 24.7 Å². The van der Waals surface area contributed by atoms with E-state index in [4.69, 9.17) is 0 Å². The number of hydrogen-bond acceptors (Lipinski definition) is 4. The normalized spacial score (nSPS) is 11.5. The van der Waals surface area contributed by atoms with Crippen molar-refractivity contribution in [3.8, 4) is 0 Å². The average molecular weight is 308 g/mol. The number of imidazole rings is 1. The van der Waals surface area contributed by atoms with Crippen molar-refractivity contribution in [1.82, 2.24) is 15.3 Å². The fraction of sp³-hybridized carbons (Fsp3) is 0.357. The van der Waals surface area contributed by atoms with E-state index < -0.39 is 10.0 Å². The first-order valence-corrected chi connectivity index (χ1v) is 8.33. The topological polar surface area (TPSA) is 86.9 Å². The Hall–Kier alpha value is -1.86. The molecule has 21 heavy (non-hydrogen) atoms. The van der Waals surface area contributed by atoms with E-state index in [1.165, 1.54) is 6.20 Å². The SMILES string of the molecule is CCCNCc1cccc(NS(=O)(=O)c2cnc(C)[nH]2)c1. The average Bonchev–Trinajstić information content (AvgIpc) is 2.87. The summed E-state index contributed by atoms with van der Waals surface area (Å²) >= 11 is 0. The molecule has 0 spiro atoms. The molecule has 0 bridgehead atoms. The minimum absolute atomic E-state index is 0.0644. The number of nitrogens with one attached hydrogen (secondary N) is 3. The highest BCUT2D eigenvalue weighted by Gasteiger charge is 2.16. The van der Waals surface area contributed by atoms with Crippen molar-refractivity contribution < 1.29 is 8.42 Å². The molecular formula is C14H20N4O2S.